The number of halogens is 3. The van der Waals surface area contributed by atoms with E-state index < -0.39 is 17.3 Å². The van der Waals surface area contributed by atoms with Crippen molar-refractivity contribution in [1.82, 2.24) is 9.88 Å². The lowest BCUT2D eigenvalue weighted by Crippen LogP contribution is -2.61. The molecule has 26 heavy (non-hydrogen) atoms. The molecule has 0 aromatic carbocycles. The van der Waals surface area contributed by atoms with Crippen molar-refractivity contribution in [2.45, 2.75) is 38.6 Å². The van der Waals surface area contributed by atoms with Crippen LogP contribution in [0.5, 0.6) is 0 Å². The Bertz CT molecular complexity index is 702. The Labute approximate surface area is 150 Å². The van der Waals surface area contributed by atoms with Crippen LogP contribution >= 0.6 is 0 Å². The molecule has 0 radical (unpaired) electrons. The van der Waals surface area contributed by atoms with Gasteiger partial charge >= 0.3 is 12.3 Å². The predicted molar refractivity (Wildman–Crippen MR) is 91.5 cm³/mol. The number of ether oxygens (including phenoxy) is 1. The van der Waals surface area contributed by atoms with Crippen molar-refractivity contribution in [3.05, 3.63) is 17.8 Å². The average molecular weight is 372 g/mol. The van der Waals surface area contributed by atoms with Gasteiger partial charge in [0.2, 0.25) is 0 Å². The number of carbonyl (C=O) groups is 1. The first-order valence-corrected chi connectivity index (χ1v) is 8.48. The topological polar surface area (TPSA) is 48.9 Å². The van der Waals surface area contributed by atoms with Gasteiger partial charge in [0, 0.05) is 39.4 Å². The number of nitrogens with zero attached hydrogens (tertiary/aromatic N) is 4. The molecule has 2 aliphatic heterocycles. The molecule has 2 aliphatic rings. The molecule has 6 nitrogen and oxygen atoms in total. The van der Waals surface area contributed by atoms with Gasteiger partial charge < -0.3 is 19.4 Å². The summed E-state index contributed by atoms with van der Waals surface area (Å²) in [7, 11) is 1.74. The zero-order valence-corrected chi connectivity index (χ0v) is 15.3. The molecule has 1 amide bonds. The van der Waals surface area contributed by atoms with Crippen LogP contribution in [-0.4, -0.2) is 60.8 Å². The maximum absolute atomic E-state index is 13.0. The number of alkyl halides is 3. The first-order valence-electron chi connectivity index (χ1n) is 8.48. The number of hydrogen-bond donors (Lipinski definition) is 0. The molecule has 3 rings (SSSR count). The third-order valence-corrected chi connectivity index (χ3v) is 4.48. The van der Waals surface area contributed by atoms with Gasteiger partial charge in [0.1, 0.15) is 5.60 Å². The number of fused-ring (bicyclic) bond motifs is 3. The largest absolute Gasteiger partial charge is 0.444 e. The lowest BCUT2D eigenvalue weighted by Gasteiger charge is -2.47. The van der Waals surface area contributed by atoms with Crippen molar-refractivity contribution in [2.75, 3.05) is 43.0 Å². The second kappa shape index (κ2) is 6.21. The molecule has 1 aromatic rings. The lowest BCUT2D eigenvalue weighted by molar-refractivity contribution is -0.137. The van der Waals surface area contributed by atoms with Crippen LogP contribution < -0.4 is 9.80 Å². The Morgan fingerprint density at radius 3 is 2.54 bits per heavy atom. The fourth-order valence-electron chi connectivity index (χ4n) is 3.30. The summed E-state index contributed by atoms with van der Waals surface area (Å²) in [6.45, 7) is 7.34. The summed E-state index contributed by atoms with van der Waals surface area (Å²) in [5, 5.41) is 0. The summed E-state index contributed by atoms with van der Waals surface area (Å²) in [5.74, 6) is 0.528. The fourth-order valence-corrected chi connectivity index (χ4v) is 3.30. The number of likely N-dealkylation sites (N-methyl/N-ethyl adjacent to an activating group) is 1. The van der Waals surface area contributed by atoms with Crippen molar-refractivity contribution in [3.63, 3.8) is 0 Å². The van der Waals surface area contributed by atoms with E-state index in [2.05, 4.69) is 4.98 Å². The number of hydrogen-bond acceptors (Lipinski definition) is 5. The van der Waals surface area contributed by atoms with Crippen LogP contribution in [-0.2, 0) is 10.9 Å². The summed E-state index contributed by atoms with van der Waals surface area (Å²) < 4.78 is 44.3. The number of piperazine rings is 1. The van der Waals surface area contributed by atoms with Gasteiger partial charge in [-0.25, -0.2) is 9.78 Å². The maximum atomic E-state index is 13.0. The Kier molecular flexibility index (Phi) is 4.44. The Hall–Kier alpha value is -2.19. The molecule has 0 aliphatic carbocycles. The van der Waals surface area contributed by atoms with Crippen molar-refractivity contribution >= 4 is 17.6 Å². The van der Waals surface area contributed by atoms with Crippen LogP contribution in [0, 0.1) is 0 Å². The molecule has 144 valence electrons. The molecule has 3 heterocycles. The van der Waals surface area contributed by atoms with Crippen LogP contribution in [0.2, 0.25) is 0 Å². The minimum Gasteiger partial charge on any atom is -0.444 e. The third-order valence-electron chi connectivity index (χ3n) is 4.48. The van der Waals surface area contributed by atoms with E-state index >= 15 is 0 Å². The van der Waals surface area contributed by atoms with E-state index in [1.807, 2.05) is 25.7 Å². The molecular weight excluding hydrogens is 349 g/mol. The summed E-state index contributed by atoms with van der Waals surface area (Å²) in [6, 6.07) is 1.09. The van der Waals surface area contributed by atoms with Crippen molar-refractivity contribution < 1.29 is 22.7 Å². The number of amides is 1. The second-order valence-electron chi connectivity index (χ2n) is 7.72. The SMILES string of the molecule is CN1CC2CN(C(=O)OC(C)(C)C)CCN2c2ncc(C(F)(F)F)cc21. The quantitative estimate of drug-likeness (QED) is 0.701. The van der Waals surface area contributed by atoms with Gasteiger partial charge in [-0.1, -0.05) is 0 Å². The first kappa shape index (κ1) is 18.6. The molecule has 0 spiro atoms. The standard InChI is InChI=1S/C17H23F3N4O2/c1-16(2,3)26-15(25)23-5-6-24-12(10-23)9-22(4)13-7-11(17(18,19)20)8-21-14(13)24/h7-8,12H,5-6,9-10H2,1-4H3. The van der Waals surface area contributed by atoms with Crippen LogP contribution in [0.1, 0.15) is 26.3 Å². The van der Waals surface area contributed by atoms with Crippen LogP contribution in [0.15, 0.2) is 12.3 Å². The zero-order valence-electron chi connectivity index (χ0n) is 15.3. The Balaban J connectivity index is 1.80. The minimum atomic E-state index is -4.42. The number of rotatable bonds is 0. The van der Waals surface area contributed by atoms with E-state index in [4.69, 9.17) is 4.74 Å². The monoisotopic (exact) mass is 372 g/mol. The molecule has 0 saturated carbocycles. The molecule has 1 aromatic heterocycles. The van der Waals surface area contributed by atoms with Gasteiger partial charge in [-0.15, -0.1) is 0 Å². The van der Waals surface area contributed by atoms with E-state index in [1.165, 1.54) is 0 Å². The lowest BCUT2D eigenvalue weighted by atomic mass is 10.1. The molecule has 1 atom stereocenters. The van der Waals surface area contributed by atoms with Crippen molar-refractivity contribution in [2.24, 2.45) is 0 Å². The van der Waals surface area contributed by atoms with Gasteiger partial charge in [0.25, 0.3) is 0 Å². The van der Waals surface area contributed by atoms with Gasteiger partial charge in [-0.3, -0.25) is 0 Å². The highest BCUT2D eigenvalue weighted by Gasteiger charge is 2.39. The summed E-state index contributed by atoms with van der Waals surface area (Å²) in [4.78, 5) is 21.8. The first-order chi connectivity index (χ1) is 12.0. The summed E-state index contributed by atoms with van der Waals surface area (Å²) in [5.41, 5.74) is -0.865. The molecule has 9 heteroatoms. The highest BCUT2D eigenvalue weighted by atomic mass is 19.4. The Morgan fingerprint density at radius 1 is 1.23 bits per heavy atom. The van der Waals surface area contributed by atoms with E-state index in [0.29, 0.717) is 37.7 Å². The van der Waals surface area contributed by atoms with E-state index in [1.54, 1.807) is 16.8 Å². The number of pyridine rings is 1. The second-order valence-corrected chi connectivity index (χ2v) is 7.72. The Morgan fingerprint density at radius 2 is 1.92 bits per heavy atom. The fraction of sp³-hybridized carbons (Fsp3) is 0.647. The van der Waals surface area contributed by atoms with Crippen molar-refractivity contribution in [1.29, 1.82) is 0 Å². The highest BCUT2D eigenvalue weighted by Crippen LogP contribution is 2.38. The third kappa shape index (κ3) is 3.66. The van der Waals surface area contributed by atoms with Gasteiger partial charge in [-0.2, -0.15) is 13.2 Å². The smallest absolute Gasteiger partial charge is 0.417 e. The van der Waals surface area contributed by atoms with Gasteiger partial charge in [-0.05, 0) is 26.8 Å². The summed E-state index contributed by atoms with van der Waals surface area (Å²) in [6.07, 6.45) is -3.92. The molecule has 0 N–H and O–H groups in total. The molecule has 1 fully saturated rings. The zero-order chi connectivity index (χ0) is 19.3. The maximum Gasteiger partial charge on any atom is 0.417 e. The van der Waals surface area contributed by atoms with Gasteiger partial charge in [0.05, 0.1) is 17.3 Å². The van der Waals surface area contributed by atoms with E-state index in [-0.39, 0.29) is 12.1 Å². The number of anilines is 2. The van der Waals surface area contributed by atoms with Crippen LogP contribution in [0.25, 0.3) is 0 Å². The number of aromatic nitrogens is 1. The molecule has 1 saturated heterocycles. The van der Waals surface area contributed by atoms with Crippen LogP contribution in [0.3, 0.4) is 0 Å². The molecular formula is C17H23F3N4O2. The van der Waals surface area contributed by atoms with E-state index in [0.717, 1.165) is 12.3 Å². The predicted octanol–water partition coefficient (Wildman–Crippen LogP) is 2.98. The van der Waals surface area contributed by atoms with Crippen molar-refractivity contribution in [3.8, 4) is 0 Å². The highest BCUT2D eigenvalue weighted by molar-refractivity contribution is 5.73. The molecule has 1 unspecified atom stereocenters. The van der Waals surface area contributed by atoms with E-state index in [9.17, 15) is 18.0 Å². The van der Waals surface area contributed by atoms with Gasteiger partial charge in [0.15, 0.2) is 5.82 Å². The normalized spacial score (nSPS) is 20.6. The minimum absolute atomic E-state index is 0.0435. The summed E-state index contributed by atoms with van der Waals surface area (Å²) >= 11 is 0. The number of carbonyl (C=O) groups excluding carboxylic acids is 1. The van der Waals surface area contributed by atoms with Crippen LogP contribution in [0.4, 0.5) is 29.5 Å². The average Bonchev–Trinajstić information content (AvgIpc) is 2.51. The molecule has 0 bridgehead atoms.